The van der Waals surface area contributed by atoms with Gasteiger partial charge in [0.25, 0.3) is 5.56 Å². The summed E-state index contributed by atoms with van der Waals surface area (Å²) in [5.74, 6) is 0.442. The lowest BCUT2D eigenvalue weighted by molar-refractivity contribution is 0.258. The zero-order valence-corrected chi connectivity index (χ0v) is 16.8. The van der Waals surface area contributed by atoms with Crippen LogP contribution in [0.25, 0.3) is 11.3 Å². The lowest BCUT2D eigenvalue weighted by Crippen LogP contribution is -2.46. The normalized spacial score (nSPS) is 14.7. The fourth-order valence-electron chi connectivity index (χ4n) is 3.71. The van der Waals surface area contributed by atoms with Gasteiger partial charge in [-0.1, -0.05) is 37.3 Å². The van der Waals surface area contributed by atoms with Crippen molar-refractivity contribution in [2.24, 2.45) is 0 Å². The van der Waals surface area contributed by atoms with Gasteiger partial charge in [0.1, 0.15) is 0 Å². The van der Waals surface area contributed by atoms with E-state index in [0.29, 0.717) is 11.6 Å². The highest BCUT2D eigenvalue weighted by molar-refractivity contribution is 5.63. The number of anilines is 3. The first-order valence-electron chi connectivity index (χ1n) is 10.2. The first-order chi connectivity index (χ1) is 14.2. The number of rotatable bonds is 6. The molecule has 0 amide bonds. The van der Waals surface area contributed by atoms with E-state index in [1.807, 2.05) is 42.5 Å². The van der Waals surface area contributed by atoms with Crippen molar-refractivity contribution >= 4 is 17.3 Å². The predicted octanol–water partition coefficient (Wildman–Crippen LogP) is 3.71. The number of nitrogens with zero attached hydrogens (tertiary/aromatic N) is 3. The van der Waals surface area contributed by atoms with Crippen molar-refractivity contribution in [1.29, 1.82) is 0 Å². The van der Waals surface area contributed by atoms with E-state index in [-0.39, 0.29) is 5.56 Å². The number of aromatic nitrogens is 2. The van der Waals surface area contributed by atoms with E-state index in [0.717, 1.165) is 37.4 Å². The van der Waals surface area contributed by atoms with Gasteiger partial charge in [0, 0.05) is 49.2 Å². The average Bonchev–Trinajstić information content (AvgIpc) is 2.75. The number of hydrogen-bond donors (Lipinski definition) is 2. The minimum atomic E-state index is -0.178. The van der Waals surface area contributed by atoms with Gasteiger partial charge >= 0.3 is 0 Å². The Balaban J connectivity index is 1.44. The average molecular weight is 390 g/mol. The summed E-state index contributed by atoms with van der Waals surface area (Å²) in [6, 6.07) is 19.5. The molecule has 1 aliphatic rings. The molecule has 1 aliphatic heterocycles. The van der Waals surface area contributed by atoms with Crippen molar-refractivity contribution in [3.8, 4) is 11.3 Å². The molecule has 0 aliphatic carbocycles. The van der Waals surface area contributed by atoms with Crippen LogP contribution >= 0.6 is 0 Å². The van der Waals surface area contributed by atoms with Gasteiger partial charge in [-0.05, 0) is 37.2 Å². The zero-order chi connectivity index (χ0) is 20.1. The number of piperazine rings is 1. The van der Waals surface area contributed by atoms with Gasteiger partial charge in [-0.25, -0.2) is 4.98 Å². The highest BCUT2D eigenvalue weighted by Gasteiger charge is 2.16. The Labute approximate surface area is 171 Å². The smallest absolute Gasteiger partial charge is 0.252 e. The molecule has 6 heteroatoms. The monoisotopic (exact) mass is 389 g/mol. The Hall–Kier alpha value is -3.12. The summed E-state index contributed by atoms with van der Waals surface area (Å²) in [5.41, 5.74) is 3.51. The molecule has 0 saturated carbocycles. The molecule has 0 atom stereocenters. The molecule has 2 aromatic carbocycles. The Morgan fingerprint density at radius 2 is 1.72 bits per heavy atom. The van der Waals surface area contributed by atoms with Crippen LogP contribution in [0.2, 0.25) is 0 Å². The molecule has 1 aromatic heterocycles. The summed E-state index contributed by atoms with van der Waals surface area (Å²) in [4.78, 5) is 24.3. The lowest BCUT2D eigenvalue weighted by atomic mass is 10.1. The van der Waals surface area contributed by atoms with Crippen molar-refractivity contribution in [1.82, 2.24) is 14.9 Å². The fraction of sp³-hybridized carbons (Fsp3) is 0.304. The van der Waals surface area contributed by atoms with Gasteiger partial charge in [0.05, 0.1) is 5.69 Å². The van der Waals surface area contributed by atoms with Crippen LogP contribution in [0.5, 0.6) is 0 Å². The van der Waals surface area contributed by atoms with Crippen molar-refractivity contribution in [3.05, 3.63) is 71.0 Å². The second-order valence-electron chi connectivity index (χ2n) is 7.35. The fourth-order valence-corrected chi connectivity index (χ4v) is 3.71. The van der Waals surface area contributed by atoms with E-state index < -0.39 is 0 Å². The Morgan fingerprint density at radius 1 is 1.00 bits per heavy atom. The molecule has 1 fully saturated rings. The molecule has 6 nitrogen and oxygen atoms in total. The van der Waals surface area contributed by atoms with E-state index in [9.17, 15) is 4.79 Å². The van der Waals surface area contributed by atoms with Crippen molar-refractivity contribution in [2.45, 2.75) is 13.3 Å². The summed E-state index contributed by atoms with van der Waals surface area (Å²) in [7, 11) is 0. The zero-order valence-electron chi connectivity index (χ0n) is 16.8. The standard InChI is InChI=1S/C23H27N5O/c1-2-12-27-13-15-28(16-14-27)20-10-8-19(9-11-20)24-23-25-21(17-22(29)26-23)18-6-4-3-5-7-18/h3-11,17H,2,12-16H2,1H3,(H2,24,25,26,29). The van der Waals surface area contributed by atoms with Gasteiger partial charge < -0.3 is 10.2 Å². The Kier molecular flexibility index (Phi) is 5.91. The molecular weight excluding hydrogens is 362 g/mol. The number of aromatic amines is 1. The highest BCUT2D eigenvalue weighted by Crippen LogP contribution is 2.22. The van der Waals surface area contributed by atoms with Gasteiger partial charge in [-0.15, -0.1) is 0 Å². The van der Waals surface area contributed by atoms with Gasteiger partial charge in [-0.2, -0.15) is 0 Å². The molecule has 4 rings (SSSR count). The minimum Gasteiger partial charge on any atom is -0.369 e. The van der Waals surface area contributed by atoms with Crippen LogP contribution in [-0.4, -0.2) is 47.6 Å². The van der Waals surface area contributed by atoms with E-state index in [4.69, 9.17) is 0 Å². The van der Waals surface area contributed by atoms with Crippen LogP contribution in [0.15, 0.2) is 65.5 Å². The Morgan fingerprint density at radius 3 is 2.41 bits per heavy atom. The number of benzene rings is 2. The molecule has 150 valence electrons. The van der Waals surface area contributed by atoms with Gasteiger partial charge in [-0.3, -0.25) is 14.7 Å². The summed E-state index contributed by atoms with van der Waals surface area (Å²) in [6.45, 7) is 7.76. The molecular formula is C23H27N5O. The highest BCUT2D eigenvalue weighted by atomic mass is 16.1. The largest absolute Gasteiger partial charge is 0.369 e. The molecule has 0 unspecified atom stereocenters. The summed E-state index contributed by atoms with van der Waals surface area (Å²) >= 11 is 0. The first-order valence-corrected chi connectivity index (χ1v) is 10.2. The van der Waals surface area contributed by atoms with Crippen molar-refractivity contribution in [2.75, 3.05) is 42.9 Å². The quantitative estimate of drug-likeness (QED) is 0.673. The number of nitrogens with one attached hydrogen (secondary N) is 2. The molecule has 0 radical (unpaired) electrons. The molecule has 1 saturated heterocycles. The number of hydrogen-bond acceptors (Lipinski definition) is 5. The molecule has 0 bridgehead atoms. The lowest BCUT2D eigenvalue weighted by Gasteiger charge is -2.36. The second-order valence-corrected chi connectivity index (χ2v) is 7.35. The van der Waals surface area contributed by atoms with E-state index >= 15 is 0 Å². The summed E-state index contributed by atoms with van der Waals surface area (Å²) in [5, 5.41) is 3.22. The summed E-state index contributed by atoms with van der Waals surface area (Å²) < 4.78 is 0. The third-order valence-corrected chi connectivity index (χ3v) is 5.22. The third-order valence-electron chi connectivity index (χ3n) is 5.22. The predicted molar refractivity (Wildman–Crippen MR) is 119 cm³/mol. The molecule has 3 aromatic rings. The van der Waals surface area contributed by atoms with Crippen LogP contribution in [0, 0.1) is 0 Å². The van der Waals surface area contributed by atoms with E-state index in [1.54, 1.807) is 0 Å². The van der Waals surface area contributed by atoms with E-state index in [1.165, 1.54) is 24.7 Å². The maximum Gasteiger partial charge on any atom is 0.252 e. The first kappa shape index (κ1) is 19.2. The maximum absolute atomic E-state index is 12.1. The third kappa shape index (κ3) is 4.84. The van der Waals surface area contributed by atoms with Gasteiger partial charge in [0.2, 0.25) is 5.95 Å². The van der Waals surface area contributed by atoms with E-state index in [2.05, 4.69) is 44.1 Å². The van der Waals surface area contributed by atoms with Crippen LogP contribution in [0.4, 0.5) is 17.3 Å². The van der Waals surface area contributed by atoms with Gasteiger partial charge in [0.15, 0.2) is 0 Å². The van der Waals surface area contributed by atoms with Crippen LogP contribution in [0.1, 0.15) is 13.3 Å². The maximum atomic E-state index is 12.1. The molecule has 29 heavy (non-hydrogen) atoms. The molecule has 2 heterocycles. The molecule has 0 spiro atoms. The van der Waals surface area contributed by atoms with Crippen LogP contribution in [0.3, 0.4) is 0 Å². The molecule has 2 N–H and O–H groups in total. The van der Waals surface area contributed by atoms with Crippen LogP contribution < -0.4 is 15.8 Å². The SMILES string of the molecule is CCCN1CCN(c2ccc(Nc3nc(-c4ccccc4)cc(=O)[nH]3)cc2)CC1. The minimum absolute atomic E-state index is 0.178. The Bertz CT molecular complexity index is 976. The van der Waals surface area contributed by atoms with Crippen LogP contribution in [-0.2, 0) is 0 Å². The topological polar surface area (TPSA) is 64.3 Å². The summed E-state index contributed by atoms with van der Waals surface area (Å²) in [6.07, 6.45) is 1.21. The van der Waals surface area contributed by atoms with Crippen molar-refractivity contribution in [3.63, 3.8) is 0 Å². The van der Waals surface area contributed by atoms with Crippen molar-refractivity contribution < 1.29 is 0 Å². The number of H-pyrrole nitrogens is 1. The second kappa shape index (κ2) is 8.92.